The number of hydrogen-bond acceptors (Lipinski definition) is 5. The summed E-state index contributed by atoms with van der Waals surface area (Å²) in [6, 6.07) is 5.71. The topological polar surface area (TPSA) is 77.8 Å². The van der Waals surface area contributed by atoms with Crippen molar-refractivity contribution in [1.82, 2.24) is 19.9 Å². The van der Waals surface area contributed by atoms with Gasteiger partial charge in [-0.3, -0.25) is 4.79 Å². The van der Waals surface area contributed by atoms with Crippen molar-refractivity contribution in [1.29, 1.82) is 0 Å². The molecule has 1 aliphatic carbocycles. The highest BCUT2D eigenvalue weighted by Gasteiger charge is 2.36. The first-order valence-corrected chi connectivity index (χ1v) is 10.5. The van der Waals surface area contributed by atoms with E-state index < -0.39 is 17.8 Å². The number of amides is 1. The lowest BCUT2D eigenvalue weighted by atomic mass is 9.89. The first-order chi connectivity index (χ1) is 15.4. The summed E-state index contributed by atoms with van der Waals surface area (Å²) < 4.78 is 52.7. The zero-order valence-electron chi connectivity index (χ0n) is 17.1. The predicted octanol–water partition coefficient (Wildman–Crippen LogP) is 4.45. The molecule has 1 fully saturated rings. The number of ether oxygens (including phenoxy) is 2. The van der Waals surface area contributed by atoms with E-state index in [1.54, 1.807) is 18.2 Å². The summed E-state index contributed by atoms with van der Waals surface area (Å²) in [4.78, 5) is 17.2. The first-order valence-electron chi connectivity index (χ1n) is 10.5. The number of aromatic nitrogens is 3. The van der Waals surface area contributed by atoms with Gasteiger partial charge in [-0.25, -0.2) is 9.50 Å². The molecule has 3 aromatic rings. The van der Waals surface area contributed by atoms with Gasteiger partial charge < -0.3 is 14.8 Å². The third kappa shape index (κ3) is 3.85. The number of fused-ring (bicyclic) bond motifs is 2. The smallest absolute Gasteiger partial charge is 0.433 e. The van der Waals surface area contributed by atoms with E-state index in [4.69, 9.17) is 9.47 Å². The standard InChI is InChI=1S/C22H21F3N4O3/c23-22(24,25)19-9-16(14-6-7-17-18(8-14)32-12-31-17)28-20-15(11-27-29(19)20)21(30)26-10-13-4-2-1-3-5-13/h6-9,11,13H,1-5,10,12H2,(H,26,30). The summed E-state index contributed by atoms with van der Waals surface area (Å²) in [5.74, 6) is 0.848. The minimum atomic E-state index is -4.69. The Balaban J connectivity index is 1.52. The molecule has 0 unspecified atom stereocenters. The Morgan fingerprint density at radius 2 is 1.91 bits per heavy atom. The maximum atomic E-state index is 13.8. The van der Waals surface area contributed by atoms with Crippen molar-refractivity contribution in [3.63, 3.8) is 0 Å². The van der Waals surface area contributed by atoms with Gasteiger partial charge in [0, 0.05) is 12.1 Å². The molecule has 1 aliphatic heterocycles. The molecule has 32 heavy (non-hydrogen) atoms. The van der Waals surface area contributed by atoms with Crippen molar-refractivity contribution in [3.05, 3.63) is 41.7 Å². The van der Waals surface area contributed by atoms with Crippen LogP contribution in [0.1, 0.15) is 48.2 Å². The molecular weight excluding hydrogens is 425 g/mol. The summed E-state index contributed by atoms with van der Waals surface area (Å²) >= 11 is 0. The molecule has 0 saturated heterocycles. The van der Waals surface area contributed by atoms with E-state index in [9.17, 15) is 18.0 Å². The van der Waals surface area contributed by atoms with E-state index in [1.165, 1.54) is 6.42 Å². The number of carbonyl (C=O) groups excluding carboxylic acids is 1. The van der Waals surface area contributed by atoms with Crippen LogP contribution in [-0.4, -0.2) is 33.8 Å². The van der Waals surface area contributed by atoms with Crippen molar-refractivity contribution in [2.24, 2.45) is 5.92 Å². The Hall–Kier alpha value is -3.30. The van der Waals surface area contributed by atoms with Gasteiger partial charge in [0.2, 0.25) is 6.79 Å². The molecule has 1 saturated carbocycles. The van der Waals surface area contributed by atoms with Gasteiger partial charge in [-0.05, 0) is 43.0 Å². The molecular formula is C22H21F3N4O3. The molecule has 2 aromatic heterocycles. The van der Waals surface area contributed by atoms with Crippen LogP contribution in [0, 0.1) is 5.92 Å². The summed E-state index contributed by atoms with van der Waals surface area (Å²) in [5.41, 5.74) is -0.675. The first kappa shape index (κ1) is 20.6. The Morgan fingerprint density at radius 3 is 2.69 bits per heavy atom. The minimum absolute atomic E-state index is 0.00824. The van der Waals surface area contributed by atoms with Crippen molar-refractivity contribution >= 4 is 11.6 Å². The number of nitrogens with zero attached hydrogens (tertiary/aromatic N) is 3. The van der Waals surface area contributed by atoms with E-state index in [2.05, 4.69) is 15.4 Å². The molecule has 5 rings (SSSR count). The zero-order chi connectivity index (χ0) is 22.3. The average molecular weight is 446 g/mol. The quantitative estimate of drug-likeness (QED) is 0.641. The van der Waals surface area contributed by atoms with Gasteiger partial charge in [-0.15, -0.1) is 0 Å². The monoisotopic (exact) mass is 446 g/mol. The van der Waals surface area contributed by atoms with Gasteiger partial charge in [-0.1, -0.05) is 19.3 Å². The number of nitrogens with one attached hydrogen (secondary N) is 1. The second-order valence-electron chi connectivity index (χ2n) is 8.10. The highest BCUT2D eigenvalue weighted by atomic mass is 19.4. The number of carbonyl (C=O) groups is 1. The van der Waals surface area contributed by atoms with Crippen LogP contribution in [0.5, 0.6) is 11.5 Å². The van der Waals surface area contributed by atoms with Crippen LogP contribution in [0.2, 0.25) is 0 Å². The highest BCUT2D eigenvalue weighted by molar-refractivity contribution is 5.99. The van der Waals surface area contributed by atoms with Crippen LogP contribution in [0.25, 0.3) is 16.9 Å². The van der Waals surface area contributed by atoms with E-state index in [0.717, 1.165) is 37.9 Å². The molecule has 0 atom stereocenters. The lowest BCUT2D eigenvalue weighted by molar-refractivity contribution is -0.142. The van der Waals surface area contributed by atoms with Crippen LogP contribution in [-0.2, 0) is 6.18 Å². The fraction of sp³-hybridized carbons (Fsp3) is 0.409. The highest BCUT2D eigenvalue weighted by Crippen LogP contribution is 2.37. The molecule has 10 heteroatoms. The van der Waals surface area contributed by atoms with E-state index in [1.807, 2.05) is 0 Å². The summed E-state index contributed by atoms with van der Waals surface area (Å²) in [5, 5.41) is 6.67. The molecule has 0 radical (unpaired) electrons. The lowest BCUT2D eigenvalue weighted by Crippen LogP contribution is -2.30. The fourth-order valence-electron chi connectivity index (χ4n) is 4.25. The van der Waals surface area contributed by atoms with E-state index >= 15 is 0 Å². The number of rotatable bonds is 4. The van der Waals surface area contributed by atoms with E-state index in [0.29, 0.717) is 34.0 Å². The van der Waals surface area contributed by atoms with Crippen LogP contribution in [0.3, 0.4) is 0 Å². The summed E-state index contributed by atoms with van der Waals surface area (Å²) in [7, 11) is 0. The molecule has 3 heterocycles. The van der Waals surface area contributed by atoms with Gasteiger partial charge in [0.25, 0.3) is 5.91 Å². The SMILES string of the molecule is O=C(NCC1CCCCC1)c1cnn2c(C(F)(F)F)cc(-c3ccc4c(c3)OCO4)nc12. The molecule has 0 spiro atoms. The van der Waals surface area contributed by atoms with Crippen LogP contribution < -0.4 is 14.8 Å². The molecule has 2 aliphatic rings. The van der Waals surface area contributed by atoms with Crippen LogP contribution in [0.4, 0.5) is 13.2 Å². The molecule has 0 bridgehead atoms. The third-order valence-corrected chi connectivity index (χ3v) is 5.95. The van der Waals surface area contributed by atoms with Gasteiger partial charge in [-0.2, -0.15) is 18.3 Å². The van der Waals surface area contributed by atoms with Gasteiger partial charge in [0.15, 0.2) is 22.8 Å². The van der Waals surface area contributed by atoms with Gasteiger partial charge in [0.1, 0.15) is 5.56 Å². The van der Waals surface area contributed by atoms with Crippen molar-refractivity contribution in [2.45, 2.75) is 38.3 Å². The second-order valence-corrected chi connectivity index (χ2v) is 8.10. The fourth-order valence-corrected chi connectivity index (χ4v) is 4.25. The van der Waals surface area contributed by atoms with Crippen molar-refractivity contribution in [3.8, 4) is 22.8 Å². The maximum absolute atomic E-state index is 13.8. The predicted molar refractivity (Wildman–Crippen MR) is 108 cm³/mol. The molecule has 7 nitrogen and oxygen atoms in total. The molecule has 168 valence electrons. The molecule has 1 aromatic carbocycles. The Kier molecular flexibility index (Phi) is 5.15. The molecule has 1 amide bonds. The number of alkyl halides is 3. The lowest BCUT2D eigenvalue weighted by Gasteiger charge is -2.21. The van der Waals surface area contributed by atoms with Crippen molar-refractivity contribution in [2.75, 3.05) is 13.3 Å². The summed E-state index contributed by atoms with van der Waals surface area (Å²) in [6.45, 7) is 0.539. The van der Waals surface area contributed by atoms with Crippen LogP contribution >= 0.6 is 0 Å². The minimum Gasteiger partial charge on any atom is -0.454 e. The van der Waals surface area contributed by atoms with Crippen molar-refractivity contribution < 1.29 is 27.4 Å². The summed E-state index contributed by atoms with van der Waals surface area (Å²) in [6.07, 6.45) is 2.00. The van der Waals surface area contributed by atoms with Gasteiger partial charge >= 0.3 is 6.18 Å². The number of halogens is 3. The van der Waals surface area contributed by atoms with Gasteiger partial charge in [0.05, 0.1) is 11.9 Å². The Morgan fingerprint density at radius 1 is 1.12 bits per heavy atom. The number of benzene rings is 1. The largest absolute Gasteiger partial charge is 0.454 e. The van der Waals surface area contributed by atoms with Crippen LogP contribution in [0.15, 0.2) is 30.5 Å². The normalized spacial score (nSPS) is 16.5. The second kappa shape index (κ2) is 7.99. The zero-order valence-corrected chi connectivity index (χ0v) is 17.1. The average Bonchev–Trinajstić information content (AvgIpc) is 3.43. The number of hydrogen-bond donors (Lipinski definition) is 1. The molecule has 1 N–H and O–H groups in total. The third-order valence-electron chi connectivity index (χ3n) is 5.95. The Labute approximate surface area is 181 Å². The van der Waals surface area contributed by atoms with E-state index in [-0.39, 0.29) is 23.7 Å². The maximum Gasteiger partial charge on any atom is 0.433 e. The Bertz CT molecular complexity index is 1170.